The molecule has 0 radical (unpaired) electrons. The third-order valence-corrected chi connectivity index (χ3v) is 2.17. The summed E-state index contributed by atoms with van der Waals surface area (Å²) < 4.78 is 81.6. The molecular formula is C10H10BF6KO2. The fourth-order valence-electron chi connectivity index (χ4n) is 1.37. The number of hydrogen-bond acceptors (Lipinski definition) is 2. The van der Waals surface area contributed by atoms with E-state index >= 15 is 0 Å². The molecule has 0 aromatic heterocycles. The molecule has 0 aliphatic heterocycles. The fourth-order valence-corrected chi connectivity index (χ4v) is 1.37. The monoisotopic (exact) mass is 326 g/mol. The molecule has 108 valence electrons. The van der Waals surface area contributed by atoms with Crippen molar-refractivity contribution in [1.82, 2.24) is 0 Å². The predicted octanol–water partition coefficient (Wildman–Crippen LogP) is -0.0314. The van der Waals surface area contributed by atoms with Gasteiger partial charge in [0.05, 0.1) is 0 Å². The van der Waals surface area contributed by atoms with E-state index in [1.807, 2.05) is 0 Å². The molecule has 1 aromatic rings. The zero-order chi connectivity index (χ0) is 14.7. The molecular weight excluding hydrogens is 316 g/mol. The van der Waals surface area contributed by atoms with Crippen molar-refractivity contribution in [3.63, 3.8) is 0 Å². The third kappa shape index (κ3) is 7.32. The van der Waals surface area contributed by atoms with Crippen molar-refractivity contribution in [3.05, 3.63) is 23.8 Å². The number of rotatable bonds is 5. The van der Waals surface area contributed by atoms with Crippen molar-refractivity contribution in [2.45, 2.75) is 13.1 Å². The van der Waals surface area contributed by atoms with Crippen LogP contribution in [-0.4, -0.2) is 26.6 Å². The minimum Gasteiger partial charge on any atom is -0.468 e. The van der Waals surface area contributed by atoms with Crippen molar-refractivity contribution < 1.29 is 87.0 Å². The first-order valence-corrected chi connectivity index (χ1v) is 5.17. The summed E-state index contributed by atoms with van der Waals surface area (Å²) in [5.74, 6) is 0.0171. The van der Waals surface area contributed by atoms with Crippen LogP contribution in [0.1, 0.15) is 5.56 Å². The van der Waals surface area contributed by atoms with Crippen LogP contribution in [0.5, 0.6) is 5.75 Å². The van der Waals surface area contributed by atoms with E-state index in [4.69, 9.17) is 4.74 Å². The Morgan fingerprint density at radius 1 is 1.15 bits per heavy atom. The maximum absolute atomic E-state index is 12.5. The predicted molar refractivity (Wildman–Crippen MR) is 57.4 cm³/mol. The summed E-state index contributed by atoms with van der Waals surface area (Å²) in [6.07, 6.45) is -4.47. The molecule has 2 nitrogen and oxygen atoms in total. The van der Waals surface area contributed by atoms with E-state index in [1.165, 1.54) is 6.92 Å². The maximum Gasteiger partial charge on any atom is 1.00 e. The number of alkyl halides is 3. The van der Waals surface area contributed by atoms with Crippen LogP contribution in [0.15, 0.2) is 18.2 Å². The standard InChI is InChI=1S/C10H10BF6O2.K/c1-7-4-8(2-3-9(7)11(15,16)17)19-6-18-5-10(12,13)14;/h2-4H,5-6H2,1H3;/q-1;+1. The summed E-state index contributed by atoms with van der Waals surface area (Å²) in [5, 5.41) is 0. The average Bonchev–Trinajstić information content (AvgIpc) is 2.21. The van der Waals surface area contributed by atoms with Gasteiger partial charge in [-0.1, -0.05) is 11.6 Å². The Hall–Kier alpha value is 0.261. The van der Waals surface area contributed by atoms with Crippen LogP contribution >= 0.6 is 0 Å². The van der Waals surface area contributed by atoms with Crippen molar-refractivity contribution >= 4 is 12.4 Å². The molecule has 0 atom stereocenters. The molecule has 1 aromatic carbocycles. The molecule has 10 heteroatoms. The molecule has 0 unspecified atom stereocenters. The van der Waals surface area contributed by atoms with E-state index in [0.29, 0.717) is 0 Å². The van der Waals surface area contributed by atoms with Crippen LogP contribution < -0.4 is 61.6 Å². The Morgan fingerprint density at radius 2 is 1.75 bits per heavy atom. The first-order valence-electron chi connectivity index (χ1n) is 5.17. The van der Waals surface area contributed by atoms with Crippen LogP contribution in [-0.2, 0) is 4.74 Å². The normalized spacial score (nSPS) is 11.9. The van der Waals surface area contributed by atoms with Crippen LogP contribution in [0, 0.1) is 6.92 Å². The number of benzene rings is 1. The molecule has 0 aliphatic rings. The van der Waals surface area contributed by atoms with Gasteiger partial charge in [-0.2, -0.15) is 13.2 Å². The van der Waals surface area contributed by atoms with Gasteiger partial charge >= 0.3 is 64.5 Å². The molecule has 0 heterocycles. The Bertz CT molecular complexity index is 435. The topological polar surface area (TPSA) is 18.5 Å². The van der Waals surface area contributed by atoms with E-state index in [9.17, 15) is 26.1 Å². The molecule has 0 N–H and O–H groups in total. The van der Waals surface area contributed by atoms with Gasteiger partial charge in [0.1, 0.15) is 12.4 Å². The minimum atomic E-state index is -5.12. The van der Waals surface area contributed by atoms with Crippen LogP contribution in [0.2, 0.25) is 0 Å². The van der Waals surface area contributed by atoms with Crippen molar-refractivity contribution in [3.8, 4) is 5.75 Å². The van der Waals surface area contributed by atoms with Crippen LogP contribution in [0.25, 0.3) is 0 Å². The SMILES string of the molecule is Cc1cc(OCOCC(F)(F)F)ccc1[B-](F)(F)F.[K+]. The average molecular weight is 326 g/mol. The van der Waals surface area contributed by atoms with E-state index in [2.05, 4.69) is 4.74 Å². The van der Waals surface area contributed by atoms with E-state index in [-0.39, 0.29) is 62.7 Å². The third-order valence-electron chi connectivity index (χ3n) is 2.17. The van der Waals surface area contributed by atoms with Gasteiger partial charge < -0.3 is 22.4 Å². The minimum absolute atomic E-state index is 0. The molecule has 0 spiro atoms. The van der Waals surface area contributed by atoms with E-state index < -0.39 is 32.0 Å². The molecule has 0 saturated carbocycles. The summed E-state index contributed by atoms with van der Waals surface area (Å²) in [5.41, 5.74) is -0.815. The number of ether oxygens (including phenoxy) is 2. The van der Waals surface area contributed by atoms with Gasteiger partial charge in [0.25, 0.3) is 0 Å². The second-order valence-corrected chi connectivity index (χ2v) is 3.82. The van der Waals surface area contributed by atoms with Gasteiger partial charge in [-0.15, -0.1) is 5.46 Å². The summed E-state index contributed by atoms with van der Waals surface area (Å²) in [6.45, 7) is -6.03. The van der Waals surface area contributed by atoms with Gasteiger partial charge in [0.15, 0.2) is 6.79 Å². The van der Waals surface area contributed by atoms with E-state index in [0.717, 1.165) is 18.2 Å². The molecule has 0 amide bonds. The largest absolute Gasteiger partial charge is 1.00 e. The van der Waals surface area contributed by atoms with Gasteiger partial charge in [0, 0.05) is 0 Å². The van der Waals surface area contributed by atoms with Crippen LogP contribution in [0.3, 0.4) is 0 Å². The van der Waals surface area contributed by atoms with Crippen molar-refractivity contribution in [2.75, 3.05) is 13.4 Å². The summed E-state index contributed by atoms with van der Waals surface area (Å²) in [7, 11) is 0. The second kappa shape index (κ2) is 8.04. The zero-order valence-corrected chi connectivity index (χ0v) is 13.9. The zero-order valence-electron chi connectivity index (χ0n) is 10.8. The van der Waals surface area contributed by atoms with Crippen molar-refractivity contribution in [1.29, 1.82) is 0 Å². The smallest absolute Gasteiger partial charge is 0.468 e. The van der Waals surface area contributed by atoms with Crippen LogP contribution in [0.4, 0.5) is 26.1 Å². The molecule has 1 rings (SSSR count). The Balaban J connectivity index is 0.00000361. The quantitative estimate of drug-likeness (QED) is 0.327. The second-order valence-electron chi connectivity index (χ2n) is 3.82. The molecule has 20 heavy (non-hydrogen) atoms. The Morgan fingerprint density at radius 3 is 2.20 bits per heavy atom. The van der Waals surface area contributed by atoms with E-state index in [1.54, 1.807) is 0 Å². The summed E-state index contributed by atoms with van der Waals surface area (Å²) in [4.78, 5) is 0. The molecule has 0 saturated heterocycles. The summed E-state index contributed by atoms with van der Waals surface area (Å²) >= 11 is 0. The summed E-state index contributed by atoms with van der Waals surface area (Å²) in [6, 6.07) is 2.96. The fraction of sp³-hybridized carbons (Fsp3) is 0.400. The van der Waals surface area contributed by atoms with Gasteiger partial charge in [-0.25, -0.2) is 0 Å². The van der Waals surface area contributed by atoms with Gasteiger partial charge in [0.2, 0.25) is 0 Å². The molecule has 0 bridgehead atoms. The maximum atomic E-state index is 12.5. The van der Waals surface area contributed by atoms with Crippen molar-refractivity contribution in [2.24, 2.45) is 0 Å². The number of halogens is 6. The first kappa shape index (κ1) is 20.3. The molecule has 0 fully saturated rings. The van der Waals surface area contributed by atoms with Gasteiger partial charge in [-0.05, 0) is 19.1 Å². The van der Waals surface area contributed by atoms with Gasteiger partial charge in [-0.3, -0.25) is 0 Å². The molecule has 0 aliphatic carbocycles. The first-order chi connectivity index (χ1) is 8.59. The Labute approximate surface area is 154 Å². The number of hydrogen-bond donors (Lipinski definition) is 0. The number of aryl methyl sites for hydroxylation is 1. The Kier molecular flexibility index (Phi) is 8.15.